The Morgan fingerprint density at radius 1 is 0.968 bits per heavy atom. The van der Waals surface area contributed by atoms with Gasteiger partial charge in [-0.25, -0.2) is 4.98 Å². The average molecular weight is 425 g/mol. The third kappa shape index (κ3) is 4.23. The van der Waals surface area contributed by atoms with Crippen molar-refractivity contribution in [1.82, 2.24) is 19.5 Å². The fourth-order valence-corrected chi connectivity index (χ4v) is 4.11. The van der Waals surface area contributed by atoms with Gasteiger partial charge in [-0.1, -0.05) is 0 Å². The topological polar surface area (TPSA) is 106 Å². The van der Waals surface area contributed by atoms with Crippen LogP contribution >= 0.6 is 0 Å². The van der Waals surface area contributed by atoms with Crippen LogP contribution in [0.5, 0.6) is 11.5 Å². The van der Waals surface area contributed by atoms with Crippen molar-refractivity contribution in [2.45, 2.75) is 56.7 Å². The van der Waals surface area contributed by atoms with Gasteiger partial charge in [-0.3, -0.25) is 0 Å². The van der Waals surface area contributed by atoms with Gasteiger partial charge in [0.1, 0.15) is 11.5 Å². The van der Waals surface area contributed by atoms with E-state index in [1.54, 1.807) is 14.2 Å². The predicted octanol–water partition coefficient (Wildman–Crippen LogP) is 3.64. The standard InChI is InChI=1S/C22H28N6O3/c1-30-17-9-14(10-18(11-17)31-2)24-20-19-21(28(12-23-19)15-5-6-15)27-22(26-20)25-13-3-7-16(29)8-4-13/h9-13,15-16,29H,3-8H2,1-2H3,(H2,24,25,26,27). The van der Waals surface area contributed by atoms with Crippen LogP contribution in [0, 0.1) is 0 Å². The second-order valence-electron chi connectivity index (χ2n) is 8.33. The SMILES string of the molecule is COc1cc(Nc2nc(NC3CCC(O)CC3)nc3c2ncn3C2CC2)cc(OC)c1. The lowest BCUT2D eigenvalue weighted by Crippen LogP contribution is -2.29. The number of imidazole rings is 1. The number of fused-ring (bicyclic) bond motifs is 1. The number of aliphatic hydroxyl groups is 1. The normalized spacial score (nSPS) is 21.1. The van der Waals surface area contributed by atoms with Crippen LogP contribution < -0.4 is 20.1 Å². The van der Waals surface area contributed by atoms with Crippen molar-refractivity contribution < 1.29 is 14.6 Å². The van der Waals surface area contributed by atoms with Crippen LogP contribution in [-0.2, 0) is 0 Å². The van der Waals surface area contributed by atoms with Crippen molar-refractivity contribution in [2.75, 3.05) is 24.9 Å². The smallest absolute Gasteiger partial charge is 0.227 e. The molecule has 0 unspecified atom stereocenters. The Morgan fingerprint density at radius 3 is 2.32 bits per heavy atom. The Morgan fingerprint density at radius 2 is 1.68 bits per heavy atom. The molecule has 9 nitrogen and oxygen atoms in total. The predicted molar refractivity (Wildman–Crippen MR) is 118 cm³/mol. The van der Waals surface area contributed by atoms with Gasteiger partial charge in [-0.05, 0) is 38.5 Å². The second-order valence-corrected chi connectivity index (χ2v) is 8.33. The summed E-state index contributed by atoms with van der Waals surface area (Å²) in [6, 6.07) is 6.33. The minimum absolute atomic E-state index is 0.196. The molecule has 2 aromatic heterocycles. The molecule has 2 fully saturated rings. The molecule has 0 saturated heterocycles. The molecule has 31 heavy (non-hydrogen) atoms. The minimum Gasteiger partial charge on any atom is -0.497 e. The fraction of sp³-hybridized carbons (Fsp3) is 0.500. The molecule has 0 bridgehead atoms. The summed E-state index contributed by atoms with van der Waals surface area (Å²) in [5.41, 5.74) is 2.36. The van der Waals surface area contributed by atoms with Gasteiger partial charge in [-0.15, -0.1) is 0 Å². The molecular weight excluding hydrogens is 396 g/mol. The lowest BCUT2D eigenvalue weighted by atomic mass is 9.93. The summed E-state index contributed by atoms with van der Waals surface area (Å²) in [4.78, 5) is 14.2. The lowest BCUT2D eigenvalue weighted by molar-refractivity contribution is 0.126. The Balaban J connectivity index is 1.50. The summed E-state index contributed by atoms with van der Waals surface area (Å²) in [7, 11) is 3.25. The number of rotatable bonds is 7. The van der Waals surface area contributed by atoms with Crippen molar-refractivity contribution in [3.8, 4) is 11.5 Å². The maximum absolute atomic E-state index is 9.80. The van der Waals surface area contributed by atoms with E-state index in [0.717, 1.165) is 55.4 Å². The van der Waals surface area contributed by atoms with E-state index in [-0.39, 0.29) is 12.1 Å². The first-order valence-electron chi connectivity index (χ1n) is 10.8. The highest BCUT2D eigenvalue weighted by Crippen LogP contribution is 2.38. The van der Waals surface area contributed by atoms with Gasteiger partial charge in [-0.2, -0.15) is 9.97 Å². The molecule has 0 radical (unpaired) electrons. The summed E-state index contributed by atoms with van der Waals surface area (Å²) < 4.78 is 12.9. The molecule has 0 atom stereocenters. The monoisotopic (exact) mass is 424 g/mol. The van der Waals surface area contributed by atoms with Crippen LogP contribution in [0.25, 0.3) is 11.2 Å². The number of ether oxygens (including phenoxy) is 2. The van der Waals surface area contributed by atoms with Gasteiger partial charge in [0, 0.05) is 36.0 Å². The van der Waals surface area contributed by atoms with Crippen LogP contribution in [0.2, 0.25) is 0 Å². The Labute approximate surface area is 180 Å². The van der Waals surface area contributed by atoms with Crippen molar-refractivity contribution in [1.29, 1.82) is 0 Å². The first-order valence-corrected chi connectivity index (χ1v) is 10.8. The van der Waals surface area contributed by atoms with Gasteiger partial charge in [0.15, 0.2) is 17.0 Å². The molecule has 0 amide bonds. The first kappa shape index (κ1) is 19.9. The molecule has 1 aromatic carbocycles. The molecule has 2 aliphatic carbocycles. The third-order valence-electron chi connectivity index (χ3n) is 6.01. The fourth-order valence-electron chi connectivity index (χ4n) is 4.11. The number of hydrogen-bond donors (Lipinski definition) is 3. The van der Waals surface area contributed by atoms with Crippen LogP contribution in [-0.4, -0.2) is 51.0 Å². The molecule has 2 heterocycles. The summed E-state index contributed by atoms with van der Waals surface area (Å²) in [5, 5.41) is 16.7. The van der Waals surface area contributed by atoms with E-state index < -0.39 is 0 Å². The Bertz CT molecular complexity index is 1050. The summed E-state index contributed by atoms with van der Waals surface area (Å²) in [6.07, 6.45) is 7.36. The maximum atomic E-state index is 9.80. The zero-order valence-corrected chi connectivity index (χ0v) is 17.8. The minimum atomic E-state index is -0.196. The summed E-state index contributed by atoms with van der Waals surface area (Å²) >= 11 is 0. The van der Waals surface area contributed by atoms with Gasteiger partial charge in [0.2, 0.25) is 5.95 Å². The molecule has 164 valence electrons. The van der Waals surface area contributed by atoms with Gasteiger partial charge >= 0.3 is 0 Å². The number of hydrogen-bond acceptors (Lipinski definition) is 8. The molecule has 0 spiro atoms. The van der Waals surface area contributed by atoms with E-state index in [9.17, 15) is 5.11 Å². The Hall–Kier alpha value is -3.07. The number of nitrogens with one attached hydrogen (secondary N) is 2. The van der Waals surface area contributed by atoms with Crippen LogP contribution in [0.3, 0.4) is 0 Å². The van der Waals surface area contributed by atoms with Gasteiger partial charge in [0.05, 0.1) is 26.7 Å². The van der Waals surface area contributed by atoms with Crippen LogP contribution in [0.15, 0.2) is 24.5 Å². The molecule has 2 aliphatic rings. The first-order chi connectivity index (χ1) is 15.1. The van der Waals surface area contributed by atoms with Crippen molar-refractivity contribution in [2.24, 2.45) is 0 Å². The van der Waals surface area contributed by atoms with E-state index in [1.807, 2.05) is 24.5 Å². The highest BCUT2D eigenvalue weighted by molar-refractivity contribution is 5.87. The van der Waals surface area contributed by atoms with Crippen LogP contribution in [0.4, 0.5) is 17.5 Å². The molecule has 2 saturated carbocycles. The van der Waals surface area contributed by atoms with E-state index in [2.05, 4.69) is 20.2 Å². The maximum Gasteiger partial charge on any atom is 0.227 e. The van der Waals surface area contributed by atoms with Gasteiger partial charge < -0.3 is 29.8 Å². The van der Waals surface area contributed by atoms with Gasteiger partial charge in [0.25, 0.3) is 0 Å². The third-order valence-corrected chi connectivity index (χ3v) is 6.01. The molecule has 0 aliphatic heterocycles. The zero-order valence-electron chi connectivity index (χ0n) is 17.8. The highest BCUT2D eigenvalue weighted by atomic mass is 16.5. The Kier molecular flexibility index (Phi) is 5.27. The van der Waals surface area contributed by atoms with E-state index in [1.165, 1.54) is 0 Å². The summed E-state index contributed by atoms with van der Waals surface area (Å²) in [6.45, 7) is 0. The van der Waals surface area contributed by atoms with E-state index in [0.29, 0.717) is 29.3 Å². The van der Waals surface area contributed by atoms with Crippen LogP contribution in [0.1, 0.15) is 44.6 Å². The van der Waals surface area contributed by atoms with E-state index >= 15 is 0 Å². The number of aromatic nitrogens is 4. The average Bonchev–Trinajstić information content (AvgIpc) is 3.54. The number of anilines is 3. The number of aliphatic hydroxyl groups excluding tert-OH is 1. The van der Waals surface area contributed by atoms with Crippen molar-refractivity contribution in [3.63, 3.8) is 0 Å². The number of nitrogens with zero attached hydrogens (tertiary/aromatic N) is 4. The molecule has 5 rings (SSSR count). The van der Waals surface area contributed by atoms with Crippen molar-refractivity contribution in [3.05, 3.63) is 24.5 Å². The number of methoxy groups -OCH3 is 2. The molecule has 3 aromatic rings. The molecular formula is C22H28N6O3. The molecule has 3 N–H and O–H groups in total. The zero-order chi connectivity index (χ0) is 21.4. The highest BCUT2D eigenvalue weighted by Gasteiger charge is 2.27. The number of benzene rings is 1. The molecule has 9 heteroatoms. The second kappa shape index (κ2) is 8.22. The quantitative estimate of drug-likeness (QED) is 0.528. The van der Waals surface area contributed by atoms with E-state index in [4.69, 9.17) is 19.4 Å². The summed E-state index contributed by atoms with van der Waals surface area (Å²) in [5.74, 6) is 2.59. The van der Waals surface area contributed by atoms with Crippen molar-refractivity contribution >= 4 is 28.6 Å². The lowest BCUT2D eigenvalue weighted by Gasteiger charge is -2.26. The largest absolute Gasteiger partial charge is 0.497 e.